The van der Waals surface area contributed by atoms with Gasteiger partial charge in [-0.2, -0.15) is 4.31 Å². The number of sulfonamides is 1. The quantitative estimate of drug-likeness (QED) is 0.492. The van der Waals surface area contributed by atoms with Gasteiger partial charge in [0.25, 0.3) is 5.91 Å². The van der Waals surface area contributed by atoms with E-state index in [1.54, 1.807) is 0 Å². The summed E-state index contributed by atoms with van der Waals surface area (Å²) >= 11 is 0. The predicted molar refractivity (Wildman–Crippen MR) is 111 cm³/mol. The van der Waals surface area contributed by atoms with Crippen LogP contribution in [0.15, 0.2) is 59.5 Å². The van der Waals surface area contributed by atoms with Gasteiger partial charge in [0.1, 0.15) is 5.75 Å². The fourth-order valence-corrected chi connectivity index (χ4v) is 4.64. The highest BCUT2D eigenvalue weighted by Gasteiger charge is 2.27. The van der Waals surface area contributed by atoms with Gasteiger partial charge in [-0.1, -0.05) is 24.3 Å². The van der Waals surface area contributed by atoms with E-state index in [0.29, 0.717) is 26.1 Å². The van der Waals surface area contributed by atoms with Crippen molar-refractivity contribution < 1.29 is 22.7 Å². The van der Waals surface area contributed by atoms with E-state index in [4.69, 9.17) is 4.74 Å². The van der Waals surface area contributed by atoms with E-state index in [1.165, 1.54) is 28.6 Å². The van der Waals surface area contributed by atoms with Crippen molar-refractivity contribution >= 4 is 21.8 Å². The number of hydrazine groups is 1. The molecule has 0 unspecified atom stereocenters. The van der Waals surface area contributed by atoms with Crippen LogP contribution in [0.25, 0.3) is 0 Å². The Morgan fingerprint density at radius 3 is 2.43 bits per heavy atom. The molecular formula is C21H25N3O5S. The lowest BCUT2D eigenvalue weighted by Gasteiger charge is -2.16. The molecule has 0 radical (unpaired) electrons. The molecule has 1 aliphatic rings. The summed E-state index contributed by atoms with van der Waals surface area (Å²) in [5.74, 6) is -0.210. The van der Waals surface area contributed by atoms with Crippen LogP contribution in [0, 0.1) is 0 Å². The summed E-state index contributed by atoms with van der Waals surface area (Å²) < 4.78 is 32.2. The molecule has 0 aliphatic carbocycles. The maximum absolute atomic E-state index is 12.6. The molecule has 0 bridgehead atoms. The lowest BCUT2D eigenvalue weighted by Crippen LogP contribution is -2.41. The summed E-state index contributed by atoms with van der Waals surface area (Å²) in [6.45, 7) is 1.35. The van der Waals surface area contributed by atoms with Gasteiger partial charge in [-0.25, -0.2) is 8.42 Å². The first-order valence-electron chi connectivity index (χ1n) is 9.84. The van der Waals surface area contributed by atoms with Crippen LogP contribution in [0.5, 0.6) is 5.75 Å². The molecule has 2 aromatic carbocycles. The minimum absolute atomic E-state index is 0.0708. The molecule has 160 valence electrons. The number of hydrogen-bond acceptors (Lipinski definition) is 5. The summed E-state index contributed by atoms with van der Waals surface area (Å²) in [5.41, 5.74) is 4.81. The number of nitrogens with zero attached hydrogens (tertiary/aromatic N) is 1. The van der Waals surface area contributed by atoms with E-state index in [-0.39, 0.29) is 22.8 Å². The lowest BCUT2D eigenvalue weighted by atomic mass is 10.2. The van der Waals surface area contributed by atoms with Crippen molar-refractivity contribution in [1.82, 2.24) is 15.2 Å². The monoisotopic (exact) mass is 431 g/mol. The van der Waals surface area contributed by atoms with E-state index < -0.39 is 15.9 Å². The Morgan fingerprint density at radius 2 is 1.70 bits per heavy atom. The summed E-state index contributed by atoms with van der Waals surface area (Å²) in [4.78, 5) is 24.3. The van der Waals surface area contributed by atoms with Gasteiger partial charge in [0, 0.05) is 25.1 Å². The Hall–Kier alpha value is -2.91. The van der Waals surface area contributed by atoms with Crippen molar-refractivity contribution in [2.75, 3.05) is 19.7 Å². The normalized spacial score (nSPS) is 14.3. The third kappa shape index (κ3) is 5.80. The van der Waals surface area contributed by atoms with Gasteiger partial charge in [0.15, 0.2) is 0 Å². The van der Waals surface area contributed by atoms with Gasteiger partial charge in [-0.15, -0.1) is 0 Å². The smallest absolute Gasteiger partial charge is 0.269 e. The molecule has 0 spiro atoms. The molecule has 9 heteroatoms. The van der Waals surface area contributed by atoms with Crippen LogP contribution in [0.1, 0.15) is 36.0 Å². The summed E-state index contributed by atoms with van der Waals surface area (Å²) in [6.07, 6.45) is 2.33. The van der Waals surface area contributed by atoms with Crippen LogP contribution < -0.4 is 15.6 Å². The van der Waals surface area contributed by atoms with Gasteiger partial charge in [-0.05, 0) is 49.6 Å². The average molecular weight is 432 g/mol. The van der Waals surface area contributed by atoms with Gasteiger partial charge in [0.05, 0.1) is 11.5 Å². The van der Waals surface area contributed by atoms with Crippen LogP contribution in [-0.4, -0.2) is 44.2 Å². The molecule has 1 aliphatic heterocycles. The number of nitrogens with one attached hydrogen (secondary N) is 2. The fraction of sp³-hybridized carbons (Fsp3) is 0.333. The maximum Gasteiger partial charge on any atom is 0.269 e. The van der Waals surface area contributed by atoms with Crippen molar-refractivity contribution in [3.63, 3.8) is 0 Å². The highest BCUT2D eigenvalue weighted by Crippen LogP contribution is 2.21. The molecule has 3 rings (SSSR count). The van der Waals surface area contributed by atoms with Crippen LogP contribution in [0.2, 0.25) is 0 Å². The lowest BCUT2D eigenvalue weighted by molar-refractivity contribution is -0.122. The van der Waals surface area contributed by atoms with Gasteiger partial charge in [-0.3, -0.25) is 20.4 Å². The molecule has 0 aromatic heterocycles. The second kappa shape index (κ2) is 10.2. The Balaban J connectivity index is 1.46. The van der Waals surface area contributed by atoms with Crippen molar-refractivity contribution in [3.05, 3.63) is 60.2 Å². The summed E-state index contributed by atoms with van der Waals surface area (Å²) in [6, 6.07) is 15.1. The number of carbonyl (C=O) groups is 2. The first kappa shape index (κ1) is 21.8. The zero-order valence-electron chi connectivity index (χ0n) is 16.5. The largest absolute Gasteiger partial charge is 0.494 e. The molecule has 0 atom stereocenters. The number of para-hydroxylation sites is 1. The highest BCUT2D eigenvalue weighted by atomic mass is 32.2. The Bertz CT molecular complexity index is 973. The number of rotatable bonds is 8. The van der Waals surface area contributed by atoms with Crippen LogP contribution >= 0.6 is 0 Å². The minimum Gasteiger partial charge on any atom is -0.494 e. The third-order valence-electron chi connectivity index (χ3n) is 4.67. The fourth-order valence-electron chi connectivity index (χ4n) is 3.08. The van der Waals surface area contributed by atoms with E-state index >= 15 is 0 Å². The van der Waals surface area contributed by atoms with Crippen molar-refractivity contribution in [3.8, 4) is 5.75 Å². The molecule has 1 fully saturated rings. The van der Waals surface area contributed by atoms with Crippen LogP contribution in [0.3, 0.4) is 0 Å². The average Bonchev–Trinajstić information content (AvgIpc) is 3.32. The first-order chi connectivity index (χ1) is 14.5. The van der Waals surface area contributed by atoms with Crippen molar-refractivity contribution in [2.45, 2.75) is 30.6 Å². The molecule has 2 amide bonds. The standard InChI is InChI=1S/C21H25N3O5S/c25-20(12-7-15-29-18-9-2-1-3-10-18)22-23-21(26)17-8-6-11-19(16-17)30(27,28)24-13-4-5-14-24/h1-3,6,8-11,16H,4-5,7,12-15H2,(H,22,25)(H,23,26). The van der Waals surface area contributed by atoms with Crippen LogP contribution in [-0.2, 0) is 14.8 Å². The predicted octanol–water partition coefficient (Wildman–Crippen LogP) is 2.09. The third-order valence-corrected chi connectivity index (χ3v) is 6.57. The van der Waals surface area contributed by atoms with E-state index in [1.807, 2.05) is 30.3 Å². The van der Waals surface area contributed by atoms with Crippen molar-refractivity contribution in [2.24, 2.45) is 0 Å². The second-order valence-corrected chi connectivity index (χ2v) is 8.84. The SMILES string of the molecule is O=C(CCCOc1ccccc1)NNC(=O)c1cccc(S(=O)(=O)N2CCCC2)c1. The maximum atomic E-state index is 12.6. The van der Waals surface area contributed by atoms with E-state index in [0.717, 1.165) is 18.6 Å². The number of amides is 2. The number of benzene rings is 2. The molecule has 1 heterocycles. The minimum atomic E-state index is -3.61. The highest BCUT2D eigenvalue weighted by molar-refractivity contribution is 7.89. The number of carbonyl (C=O) groups excluding carboxylic acids is 2. The van der Waals surface area contributed by atoms with Gasteiger partial charge >= 0.3 is 0 Å². The van der Waals surface area contributed by atoms with Crippen molar-refractivity contribution in [1.29, 1.82) is 0 Å². The first-order valence-corrected chi connectivity index (χ1v) is 11.3. The van der Waals surface area contributed by atoms with Gasteiger partial charge in [0.2, 0.25) is 15.9 Å². The summed E-state index contributed by atoms with van der Waals surface area (Å²) in [7, 11) is -3.61. The number of hydrogen-bond donors (Lipinski definition) is 2. The molecule has 30 heavy (non-hydrogen) atoms. The summed E-state index contributed by atoms with van der Waals surface area (Å²) in [5, 5.41) is 0. The molecule has 2 N–H and O–H groups in total. The Morgan fingerprint density at radius 1 is 0.967 bits per heavy atom. The van der Waals surface area contributed by atoms with Crippen LogP contribution in [0.4, 0.5) is 0 Å². The molecule has 0 saturated carbocycles. The van der Waals surface area contributed by atoms with E-state index in [9.17, 15) is 18.0 Å². The topological polar surface area (TPSA) is 105 Å². The molecular weight excluding hydrogens is 406 g/mol. The molecule has 1 saturated heterocycles. The Kier molecular flexibility index (Phi) is 7.42. The zero-order valence-corrected chi connectivity index (χ0v) is 17.4. The molecule has 8 nitrogen and oxygen atoms in total. The second-order valence-electron chi connectivity index (χ2n) is 6.91. The number of ether oxygens (including phenoxy) is 1. The molecule has 2 aromatic rings. The van der Waals surface area contributed by atoms with Gasteiger partial charge < -0.3 is 4.74 Å². The van der Waals surface area contributed by atoms with E-state index in [2.05, 4.69) is 10.9 Å². The Labute approximate surface area is 176 Å². The zero-order chi connectivity index (χ0) is 21.4.